The van der Waals surface area contributed by atoms with Crippen LogP contribution in [0.15, 0.2) is 71.8 Å². The summed E-state index contributed by atoms with van der Waals surface area (Å²) in [5.74, 6) is -0.385. The van der Waals surface area contributed by atoms with Crippen molar-refractivity contribution in [2.45, 2.75) is 20.4 Å². The Morgan fingerprint density at radius 3 is 2.24 bits per heavy atom. The third kappa shape index (κ3) is 7.91. The minimum absolute atomic E-state index is 0.140. The maximum atomic E-state index is 12.5. The van der Waals surface area contributed by atoms with Gasteiger partial charge >= 0.3 is 5.97 Å². The number of rotatable bonds is 10. The Labute approximate surface area is 216 Å². The summed E-state index contributed by atoms with van der Waals surface area (Å²) < 4.78 is 36.0. The number of nitrogens with one attached hydrogen (secondary N) is 1. The third-order valence-electron chi connectivity index (χ3n) is 5.57. The first-order valence-corrected chi connectivity index (χ1v) is 13.2. The molecule has 0 spiro atoms. The summed E-state index contributed by atoms with van der Waals surface area (Å²) in [6.45, 7) is 3.86. The van der Waals surface area contributed by atoms with Crippen LogP contribution in [0.3, 0.4) is 0 Å². The molecule has 0 aliphatic rings. The second-order valence-corrected chi connectivity index (χ2v) is 10.3. The fourth-order valence-corrected chi connectivity index (χ4v) is 4.17. The average Bonchev–Trinajstić information content (AvgIpc) is 2.88. The zero-order valence-corrected chi connectivity index (χ0v) is 21.9. The Balaban J connectivity index is 1.60. The van der Waals surface area contributed by atoms with Crippen molar-refractivity contribution in [1.82, 2.24) is 5.43 Å². The van der Waals surface area contributed by atoms with Crippen molar-refractivity contribution in [3.05, 3.63) is 94.5 Å². The van der Waals surface area contributed by atoms with Gasteiger partial charge in [-0.1, -0.05) is 18.2 Å². The Kier molecular flexibility index (Phi) is 9.02. The lowest BCUT2D eigenvalue weighted by molar-refractivity contribution is -0.142. The lowest BCUT2D eigenvalue weighted by Crippen LogP contribution is -2.29. The maximum Gasteiger partial charge on any atom is 0.343 e. The van der Waals surface area contributed by atoms with Crippen LogP contribution in [-0.4, -0.2) is 46.5 Å². The van der Waals surface area contributed by atoms with Crippen molar-refractivity contribution in [3.63, 3.8) is 0 Å². The summed E-state index contributed by atoms with van der Waals surface area (Å²) in [7, 11) is -2.23. The van der Waals surface area contributed by atoms with Crippen LogP contribution in [0.2, 0.25) is 0 Å². The van der Waals surface area contributed by atoms with E-state index in [9.17, 15) is 18.0 Å². The van der Waals surface area contributed by atoms with Crippen molar-refractivity contribution in [1.29, 1.82) is 0 Å². The van der Waals surface area contributed by atoms with Gasteiger partial charge in [-0.2, -0.15) is 5.10 Å². The van der Waals surface area contributed by atoms with Crippen LogP contribution in [0.25, 0.3) is 0 Å². The number of ether oxygens (including phenoxy) is 2. The van der Waals surface area contributed by atoms with Crippen molar-refractivity contribution >= 4 is 33.8 Å². The van der Waals surface area contributed by atoms with Crippen molar-refractivity contribution in [3.8, 4) is 5.75 Å². The quantitative estimate of drug-likeness (QED) is 0.247. The highest BCUT2D eigenvalue weighted by Gasteiger charge is 2.18. The molecule has 10 heteroatoms. The number of anilines is 1. The van der Waals surface area contributed by atoms with E-state index in [4.69, 9.17) is 4.74 Å². The van der Waals surface area contributed by atoms with Crippen molar-refractivity contribution in [2.24, 2.45) is 5.10 Å². The van der Waals surface area contributed by atoms with Crippen molar-refractivity contribution < 1.29 is 27.5 Å². The van der Waals surface area contributed by atoms with Crippen LogP contribution in [0.4, 0.5) is 5.69 Å². The smallest absolute Gasteiger partial charge is 0.343 e. The Bertz CT molecular complexity index is 1380. The molecule has 0 bridgehead atoms. The molecule has 1 amide bonds. The van der Waals surface area contributed by atoms with Crippen LogP contribution >= 0.6 is 0 Å². The van der Waals surface area contributed by atoms with Crippen LogP contribution in [-0.2, 0) is 26.1 Å². The van der Waals surface area contributed by atoms with E-state index in [1.165, 1.54) is 23.9 Å². The molecular weight excluding hydrogens is 494 g/mol. The number of hydrogen-bond donors (Lipinski definition) is 1. The molecule has 0 fully saturated rings. The summed E-state index contributed by atoms with van der Waals surface area (Å²) >= 11 is 0. The summed E-state index contributed by atoms with van der Waals surface area (Å²) in [5.41, 5.74) is 6.96. The van der Waals surface area contributed by atoms with Gasteiger partial charge in [0, 0.05) is 5.56 Å². The molecule has 194 valence electrons. The molecule has 0 aromatic heterocycles. The van der Waals surface area contributed by atoms with E-state index < -0.39 is 21.9 Å². The molecule has 3 aromatic carbocycles. The summed E-state index contributed by atoms with van der Waals surface area (Å²) in [6, 6.07) is 19.0. The van der Waals surface area contributed by atoms with Gasteiger partial charge in [-0.3, -0.25) is 9.10 Å². The SMILES string of the molecule is COC(=O)COc1ccc(/C=N\NC(=O)c2ccc(CN(c3ccc(C)c(C)c3)S(C)(=O)=O)cc2)cc1. The predicted octanol–water partition coefficient (Wildman–Crippen LogP) is 3.59. The van der Waals surface area contributed by atoms with E-state index in [0.29, 0.717) is 22.6 Å². The number of nitrogens with zero attached hydrogens (tertiary/aromatic N) is 2. The minimum atomic E-state index is -3.52. The summed E-state index contributed by atoms with van der Waals surface area (Å²) in [4.78, 5) is 23.6. The highest BCUT2D eigenvalue weighted by atomic mass is 32.2. The molecule has 0 aliphatic heterocycles. The van der Waals surface area contributed by atoms with Gasteiger partial charge in [0.15, 0.2) is 6.61 Å². The Morgan fingerprint density at radius 2 is 1.65 bits per heavy atom. The molecule has 3 rings (SSSR count). The van der Waals surface area contributed by atoms with Gasteiger partial charge in [-0.15, -0.1) is 0 Å². The number of esters is 1. The standard InChI is InChI=1S/C27H29N3O6S/c1-19-5-12-24(15-20(19)2)30(37(4,33)34)17-22-6-10-23(11-7-22)27(32)29-28-16-21-8-13-25(14-9-21)36-18-26(31)35-3/h5-16H,17-18H2,1-4H3,(H,29,32)/b28-16-. The van der Waals surface area contributed by atoms with Crippen LogP contribution < -0.4 is 14.5 Å². The highest BCUT2D eigenvalue weighted by molar-refractivity contribution is 7.92. The van der Waals surface area contributed by atoms with E-state index in [1.807, 2.05) is 26.0 Å². The molecule has 0 heterocycles. The lowest BCUT2D eigenvalue weighted by atomic mass is 10.1. The number of hydrogen-bond acceptors (Lipinski definition) is 7. The second-order valence-electron chi connectivity index (χ2n) is 8.37. The molecule has 0 unspecified atom stereocenters. The molecule has 0 radical (unpaired) electrons. The highest BCUT2D eigenvalue weighted by Crippen LogP contribution is 2.23. The van der Waals surface area contributed by atoms with Gasteiger partial charge in [0.2, 0.25) is 10.0 Å². The fourth-order valence-electron chi connectivity index (χ4n) is 3.29. The molecular formula is C27H29N3O6S. The van der Waals surface area contributed by atoms with E-state index in [1.54, 1.807) is 54.6 Å². The number of hydrazone groups is 1. The summed E-state index contributed by atoms with van der Waals surface area (Å²) in [5, 5.41) is 3.97. The first-order chi connectivity index (χ1) is 17.6. The zero-order chi connectivity index (χ0) is 27.0. The molecule has 3 aromatic rings. The number of carbonyl (C=O) groups is 2. The van der Waals surface area contributed by atoms with Gasteiger partial charge in [0.05, 0.1) is 31.8 Å². The number of aryl methyl sites for hydroxylation is 2. The Hall–Kier alpha value is -4.18. The minimum Gasteiger partial charge on any atom is -0.482 e. The molecule has 9 nitrogen and oxygen atoms in total. The monoisotopic (exact) mass is 523 g/mol. The van der Waals surface area contributed by atoms with Crippen molar-refractivity contribution in [2.75, 3.05) is 24.3 Å². The number of benzene rings is 3. The zero-order valence-electron chi connectivity index (χ0n) is 21.1. The first kappa shape index (κ1) is 27.4. The van der Waals surface area contributed by atoms with Crippen LogP contribution in [0.5, 0.6) is 5.75 Å². The van der Waals surface area contributed by atoms with Crippen LogP contribution in [0.1, 0.15) is 32.6 Å². The van der Waals surface area contributed by atoms with Crippen LogP contribution in [0, 0.1) is 13.8 Å². The first-order valence-electron chi connectivity index (χ1n) is 11.3. The molecule has 0 saturated carbocycles. The third-order valence-corrected chi connectivity index (χ3v) is 6.71. The number of amides is 1. The van der Waals surface area contributed by atoms with E-state index in [2.05, 4.69) is 15.3 Å². The van der Waals surface area contributed by atoms with Gasteiger partial charge in [-0.25, -0.2) is 18.6 Å². The molecule has 1 N–H and O–H groups in total. The van der Waals surface area contributed by atoms with E-state index in [0.717, 1.165) is 16.7 Å². The molecule has 0 atom stereocenters. The number of carbonyl (C=O) groups excluding carboxylic acids is 2. The Morgan fingerprint density at radius 1 is 0.973 bits per heavy atom. The molecule has 0 aliphatic carbocycles. The summed E-state index contributed by atoms with van der Waals surface area (Å²) in [6.07, 6.45) is 2.65. The predicted molar refractivity (Wildman–Crippen MR) is 142 cm³/mol. The van der Waals surface area contributed by atoms with E-state index in [-0.39, 0.29) is 13.2 Å². The average molecular weight is 524 g/mol. The van der Waals surface area contributed by atoms with Gasteiger partial charge in [-0.05, 0) is 84.6 Å². The molecule has 0 saturated heterocycles. The second kappa shape index (κ2) is 12.2. The number of sulfonamides is 1. The lowest BCUT2D eigenvalue weighted by Gasteiger charge is -2.23. The fraction of sp³-hybridized carbons (Fsp3) is 0.222. The normalized spacial score (nSPS) is 11.2. The largest absolute Gasteiger partial charge is 0.482 e. The maximum absolute atomic E-state index is 12.5. The molecule has 37 heavy (non-hydrogen) atoms. The number of methoxy groups -OCH3 is 1. The van der Waals surface area contributed by atoms with Gasteiger partial charge in [0.1, 0.15) is 5.75 Å². The van der Waals surface area contributed by atoms with Gasteiger partial charge in [0.25, 0.3) is 5.91 Å². The van der Waals surface area contributed by atoms with Gasteiger partial charge < -0.3 is 9.47 Å². The van der Waals surface area contributed by atoms with E-state index >= 15 is 0 Å². The topological polar surface area (TPSA) is 114 Å².